The maximum atomic E-state index is 13.3. The number of nitrogens with one attached hydrogen (secondary N) is 2. The Balaban J connectivity index is 1.20. The van der Waals surface area contributed by atoms with Gasteiger partial charge in [0, 0.05) is 69.3 Å². The summed E-state index contributed by atoms with van der Waals surface area (Å²) >= 11 is 0. The molecular formula is C36H36N14O6. The van der Waals surface area contributed by atoms with Gasteiger partial charge in [-0.15, -0.1) is 0 Å². The van der Waals surface area contributed by atoms with Crippen LogP contribution < -0.4 is 26.8 Å². The topological polar surface area (TPSA) is 266 Å². The van der Waals surface area contributed by atoms with E-state index >= 15 is 0 Å². The third-order valence-corrected chi connectivity index (χ3v) is 8.67. The van der Waals surface area contributed by atoms with E-state index in [0.29, 0.717) is 54.2 Å². The Morgan fingerprint density at radius 1 is 0.750 bits per heavy atom. The molecule has 1 aliphatic rings. The standard InChI is InChI=1S/C36H36N14O6/c37-28(51)22-18-24-27(26(20-22)56-15-5-10-48-13-16-55-17-14-48)49(35(44-24)46-33(53)30-39-6-3-7-40-30)11-1-2-12-50-32-25(19-23(21-43-32)29(38)52)45-36(50)47-34(54)31-41-8-4-9-42-31/h1-4,6-9,18-21H,5,10-17H2,(H2,37,51)(H2,38,52)(H,44,46,53)(H,45,47,54)/b2-1+. The molecule has 7 rings (SSSR count). The van der Waals surface area contributed by atoms with Gasteiger partial charge in [-0.3, -0.25) is 39.3 Å². The summed E-state index contributed by atoms with van der Waals surface area (Å²) in [5.74, 6) is -2.13. The molecule has 0 atom stereocenters. The zero-order valence-corrected chi connectivity index (χ0v) is 29.9. The average molecular weight is 761 g/mol. The number of nitrogens with zero attached hydrogens (tertiary/aromatic N) is 10. The Labute approximate surface area is 318 Å². The zero-order chi connectivity index (χ0) is 39.0. The van der Waals surface area contributed by atoms with Gasteiger partial charge in [0.05, 0.1) is 30.9 Å². The van der Waals surface area contributed by atoms with Crippen molar-refractivity contribution in [3.05, 3.63) is 96.2 Å². The lowest BCUT2D eigenvalue weighted by molar-refractivity contribution is 0.0358. The summed E-state index contributed by atoms with van der Waals surface area (Å²) in [4.78, 5) is 82.5. The fourth-order valence-corrected chi connectivity index (χ4v) is 5.97. The minimum Gasteiger partial charge on any atom is -0.491 e. The molecule has 1 saturated heterocycles. The Kier molecular flexibility index (Phi) is 11.2. The number of aromatic nitrogens is 9. The van der Waals surface area contributed by atoms with Crippen molar-refractivity contribution in [3.63, 3.8) is 0 Å². The van der Waals surface area contributed by atoms with Crippen LogP contribution in [0.15, 0.2) is 73.5 Å². The minimum absolute atomic E-state index is 0.0754. The third-order valence-electron chi connectivity index (χ3n) is 8.67. The van der Waals surface area contributed by atoms with E-state index < -0.39 is 23.6 Å². The number of anilines is 2. The number of hydrogen-bond donors (Lipinski definition) is 4. The molecule has 20 heteroatoms. The second-order valence-corrected chi connectivity index (χ2v) is 12.4. The molecule has 0 spiro atoms. The quantitative estimate of drug-likeness (QED) is 0.0852. The van der Waals surface area contributed by atoms with Gasteiger partial charge >= 0.3 is 0 Å². The van der Waals surface area contributed by atoms with Gasteiger partial charge in [0.15, 0.2) is 5.65 Å². The fourth-order valence-electron chi connectivity index (χ4n) is 5.97. The van der Waals surface area contributed by atoms with Crippen molar-refractivity contribution < 1.29 is 28.7 Å². The highest BCUT2D eigenvalue weighted by atomic mass is 16.5. The molecule has 6 N–H and O–H groups in total. The molecule has 4 amide bonds. The van der Waals surface area contributed by atoms with Crippen LogP contribution in [-0.2, 0) is 17.8 Å². The number of carbonyl (C=O) groups excluding carboxylic acids is 4. The second-order valence-electron chi connectivity index (χ2n) is 12.4. The number of hydrogen-bond acceptors (Lipinski definition) is 14. The molecule has 0 radical (unpaired) electrons. The van der Waals surface area contributed by atoms with Gasteiger partial charge < -0.3 is 25.5 Å². The molecule has 0 saturated carbocycles. The molecule has 0 bridgehead atoms. The number of nitrogens with two attached hydrogens (primary N) is 2. The average Bonchev–Trinajstić information content (AvgIpc) is 3.74. The summed E-state index contributed by atoms with van der Waals surface area (Å²) in [6, 6.07) is 7.74. The van der Waals surface area contributed by atoms with Gasteiger partial charge in [-0.2, -0.15) is 0 Å². The summed E-state index contributed by atoms with van der Waals surface area (Å²) in [6.07, 6.45) is 11.4. The summed E-state index contributed by atoms with van der Waals surface area (Å²) in [7, 11) is 0. The lowest BCUT2D eigenvalue weighted by atomic mass is 10.1. The number of ether oxygens (including phenoxy) is 2. The Morgan fingerprint density at radius 3 is 1.95 bits per heavy atom. The number of benzene rings is 1. The van der Waals surface area contributed by atoms with E-state index in [2.05, 4.69) is 50.4 Å². The highest BCUT2D eigenvalue weighted by Crippen LogP contribution is 2.31. The first-order chi connectivity index (χ1) is 27.2. The molecule has 6 heterocycles. The van der Waals surface area contributed by atoms with E-state index in [1.807, 2.05) is 0 Å². The van der Waals surface area contributed by atoms with Crippen LogP contribution in [0.2, 0.25) is 0 Å². The van der Waals surface area contributed by atoms with Crippen LogP contribution in [0.5, 0.6) is 5.75 Å². The van der Waals surface area contributed by atoms with Crippen LogP contribution in [0.25, 0.3) is 22.2 Å². The van der Waals surface area contributed by atoms with Crippen LogP contribution in [0.3, 0.4) is 0 Å². The molecule has 6 aromatic rings. The Morgan fingerprint density at radius 2 is 1.32 bits per heavy atom. The number of carbonyl (C=O) groups is 4. The van der Waals surface area contributed by atoms with Gasteiger partial charge in [-0.05, 0) is 36.8 Å². The number of allylic oxidation sites excluding steroid dienone is 2. The molecule has 0 unspecified atom stereocenters. The lowest BCUT2D eigenvalue weighted by Gasteiger charge is -2.26. The molecule has 5 aromatic heterocycles. The molecule has 1 aromatic carbocycles. The SMILES string of the molecule is NC(=O)c1cnc2c(c1)nc(NC(=O)c1ncccn1)n2C/C=C/Cn1c(NC(=O)c2ncccn2)nc2cc(C(N)=O)cc(OCCCN3CCOCC3)c21. The van der Waals surface area contributed by atoms with Crippen molar-refractivity contribution >= 4 is 57.7 Å². The molecule has 20 nitrogen and oxygen atoms in total. The highest BCUT2D eigenvalue weighted by molar-refractivity contribution is 6.03. The van der Waals surface area contributed by atoms with Crippen molar-refractivity contribution in [2.24, 2.45) is 11.5 Å². The molecular weight excluding hydrogens is 724 g/mol. The number of imidazole rings is 2. The maximum absolute atomic E-state index is 13.3. The predicted molar refractivity (Wildman–Crippen MR) is 201 cm³/mol. The minimum atomic E-state index is -0.685. The summed E-state index contributed by atoms with van der Waals surface area (Å²) in [5, 5.41) is 5.50. The fraction of sp³-hybridized carbons (Fsp3) is 0.250. The van der Waals surface area contributed by atoms with Gasteiger partial charge in [-0.1, -0.05) is 12.2 Å². The first kappa shape index (κ1) is 37.1. The van der Waals surface area contributed by atoms with Crippen LogP contribution in [0, 0.1) is 0 Å². The molecule has 1 fully saturated rings. The molecule has 0 aliphatic carbocycles. The summed E-state index contributed by atoms with van der Waals surface area (Å²) in [6.45, 7) is 4.45. The van der Waals surface area contributed by atoms with Gasteiger partial charge in [0.25, 0.3) is 11.8 Å². The smallest absolute Gasteiger partial charge is 0.295 e. The third kappa shape index (κ3) is 8.45. The number of amides is 4. The maximum Gasteiger partial charge on any atom is 0.295 e. The number of fused-ring (bicyclic) bond motifs is 2. The van der Waals surface area contributed by atoms with Crippen molar-refractivity contribution in [2.75, 3.05) is 50.1 Å². The second kappa shape index (κ2) is 16.9. The van der Waals surface area contributed by atoms with Gasteiger partial charge in [-0.25, -0.2) is 34.9 Å². The predicted octanol–water partition coefficient (Wildman–Crippen LogP) is 1.42. The van der Waals surface area contributed by atoms with Crippen molar-refractivity contribution in [1.82, 2.24) is 48.9 Å². The number of pyridine rings is 1. The van der Waals surface area contributed by atoms with E-state index in [9.17, 15) is 19.2 Å². The zero-order valence-electron chi connectivity index (χ0n) is 29.9. The first-order valence-electron chi connectivity index (χ1n) is 17.5. The highest BCUT2D eigenvalue weighted by Gasteiger charge is 2.22. The summed E-state index contributed by atoms with van der Waals surface area (Å²) in [5.41, 5.74) is 13.0. The van der Waals surface area contributed by atoms with E-state index in [0.717, 1.165) is 19.6 Å². The number of primary amides is 2. The van der Waals surface area contributed by atoms with Gasteiger partial charge in [0.1, 0.15) is 16.8 Å². The number of rotatable bonds is 15. The van der Waals surface area contributed by atoms with Crippen LogP contribution >= 0.6 is 0 Å². The lowest BCUT2D eigenvalue weighted by Crippen LogP contribution is -2.37. The Hall–Kier alpha value is -7.19. The summed E-state index contributed by atoms with van der Waals surface area (Å²) < 4.78 is 15.1. The monoisotopic (exact) mass is 760 g/mol. The first-order valence-corrected chi connectivity index (χ1v) is 17.5. The van der Waals surface area contributed by atoms with Crippen molar-refractivity contribution in [1.29, 1.82) is 0 Å². The largest absolute Gasteiger partial charge is 0.491 e. The van der Waals surface area contributed by atoms with Gasteiger partial charge in [0.2, 0.25) is 35.4 Å². The van der Waals surface area contributed by atoms with E-state index in [-0.39, 0.29) is 47.8 Å². The molecule has 56 heavy (non-hydrogen) atoms. The van der Waals surface area contributed by atoms with Crippen LogP contribution in [0.4, 0.5) is 11.9 Å². The molecule has 286 valence electrons. The van der Waals surface area contributed by atoms with E-state index in [1.54, 1.807) is 39.5 Å². The van der Waals surface area contributed by atoms with E-state index in [1.165, 1.54) is 43.1 Å². The normalized spacial score (nSPS) is 13.3. The van der Waals surface area contributed by atoms with Crippen LogP contribution in [0.1, 0.15) is 48.4 Å². The van der Waals surface area contributed by atoms with E-state index in [4.69, 9.17) is 20.9 Å². The Bertz CT molecular complexity index is 2430. The van der Waals surface area contributed by atoms with Crippen LogP contribution in [-0.4, -0.2) is 112 Å². The van der Waals surface area contributed by atoms with Crippen molar-refractivity contribution in [3.8, 4) is 5.75 Å². The number of morpholine rings is 1. The van der Waals surface area contributed by atoms with Crippen molar-refractivity contribution in [2.45, 2.75) is 19.5 Å². The molecule has 1 aliphatic heterocycles.